The molecule has 1 aliphatic heterocycles. The van der Waals surface area contributed by atoms with Gasteiger partial charge >= 0.3 is 0 Å². The second kappa shape index (κ2) is 9.35. The average molecular weight is 381 g/mol. The second-order valence-electron chi connectivity index (χ2n) is 7.28. The van der Waals surface area contributed by atoms with Gasteiger partial charge in [0.25, 0.3) is 11.8 Å². The Hall–Kier alpha value is -2.89. The van der Waals surface area contributed by atoms with E-state index in [9.17, 15) is 9.59 Å². The van der Waals surface area contributed by atoms with Crippen molar-refractivity contribution in [2.75, 3.05) is 26.7 Å². The van der Waals surface area contributed by atoms with E-state index in [1.807, 2.05) is 29.2 Å². The summed E-state index contributed by atoms with van der Waals surface area (Å²) in [4.78, 5) is 31.2. The number of hydrogen-bond donors (Lipinski definition) is 1. The summed E-state index contributed by atoms with van der Waals surface area (Å²) in [5, 5.41) is 2.91. The minimum absolute atomic E-state index is 0.0977. The van der Waals surface area contributed by atoms with E-state index in [1.54, 1.807) is 19.2 Å². The fourth-order valence-corrected chi connectivity index (χ4v) is 3.44. The number of carbonyl (C=O) groups is 2. The van der Waals surface area contributed by atoms with E-state index >= 15 is 0 Å². The molecule has 0 radical (unpaired) electrons. The number of pyridine rings is 1. The first-order valence-electron chi connectivity index (χ1n) is 9.73. The molecule has 148 valence electrons. The van der Waals surface area contributed by atoms with Crippen LogP contribution in [-0.2, 0) is 6.42 Å². The van der Waals surface area contributed by atoms with Crippen LogP contribution in [0.1, 0.15) is 46.2 Å². The van der Waals surface area contributed by atoms with Gasteiger partial charge < -0.3 is 15.0 Å². The molecule has 1 saturated heterocycles. The monoisotopic (exact) mass is 381 g/mol. The van der Waals surface area contributed by atoms with Crippen molar-refractivity contribution in [1.82, 2.24) is 15.2 Å². The first kappa shape index (κ1) is 19.9. The Morgan fingerprint density at radius 2 is 2.04 bits per heavy atom. The molecule has 2 heterocycles. The van der Waals surface area contributed by atoms with Gasteiger partial charge in [0, 0.05) is 31.4 Å². The van der Waals surface area contributed by atoms with Gasteiger partial charge in [0.2, 0.25) is 0 Å². The molecule has 1 aromatic heterocycles. The number of piperidine rings is 1. The molecule has 1 atom stereocenters. The maximum Gasteiger partial charge on any atom is 0.272 e. The minimum atomic E-state index is -0.197. The van der Waals surface area contributed by atoms with Gasteiger partial charge in [0.15, 0.2) is 0 Å². The first-order valence-corrected chi connectivity index (χ1v) is 9.73. The van der Waals surface area contributed by atoms with E-state index in [0.29, 0.717) is 23.7 Å². The Balaban J connectivity index is 1.56. The third-order valence-electron chi connectivity index (χ3n) is 5.04. The van der Waals surface area contributed by atoms with Crippen molar-refractivity contribution in [3.05, 3.63) is 59.4 Å². The SMILES string of the molecule is COc1ccc(CCNC(=O)c2ccnc(C(=O)N3CCCC(C)C3)c2)cc1. The van der Waals surface area contributed by atoms with E-state index in [4.69, 9.17) is 4.74 Å². The van der Waals surface area contributed by atoms with Crippen LogP contribution in [0.4, 0.5) is 0 Å². The summed E-state index contributed by atoms with van der Waals surface area (Å²) < 4.78 is 5.14. The van der Waals surface area contributed by atoms with Crippen LogP contribution in [0.25, 0.3) is 0 Å². The molecule has 28 heavy (non-hydrogen) atoms. The lowest BCUT2D eigenvalue weighted by Gasteiger charge is -2.30. The van der Waals surface area contributed by atoms with Crippen LogP contribution in [-0.4, -0.2) is 48.4 Å². The van der Waals surface area contributed by atoms with Crippen molar-refractivity contribution < 1.29 is 14.3 Å². The van der Waals surface area contributed by atoms with Crippen LogP contribution in [0.2, 0.25) is 0 Å². The number of amides is 2. The molecule has 0 aliphatic carbocycles. The Labute approximate surface area is 165 Å². The van der Waals surface area contributed by atoms with E-state index < -0.39 is 0 Å². The van der Waals surface area contributed by atoms with Crippen molar-refractivity contribution in [3.8, 4) is 5.75 Å². The highest BCUT2D eigenvalue weighted by molar-refractivity contribution is 5.98. The Morgan fingerprint density at radius 1 is 1.25 bits per heavy atom. The molecule has 1 N–H and O–H groups in total. The molecule has 0 spiro atoms. The number of rotatable bonds is 6. The van der Waals surface area contributed by atoms with Gasteiger partial charge in [-0.25, -0.2) is 0 Å². The van der Waals surface area contributed by atoms with Crippen LogP contribution >= 0.6 is 0 Å². The lowest BCUT2D eigenvalue weighted by atomic mass is 10.00. The van der Waals surface area contributed by atoms with Gasteiger partial charge in [-0.05, 0) is 55.0 Å². The number of aromatic nitrogens is 1. The van der Waals surface area contributed by atoms with Crippen molar-refractivity contribution in [2.24, 2.45) is 5.92 Å². The summed E-state index contributed by atoms with van der Waals surface area (Å²) in [7, 11) is 1.63. The zero-order valence-corrected chi connectivity index (χ0v) is 16.5. The molecule has 1 aromatic carbocycles. The van der Waals surface area contributed by atoms with Crippen molar-refractivity contribution in [2.45, 2.75) is 26.2 Å². The quantitative estimate of drug-likeness (QED) is 0.835. The molecule has 0 saturated carbocycles. The molecule has 1 unspecified atom stereocenters. The summed E-state index contributed by atoms with van der Waals surface area (Å²) in [5.74, 6) is 1.02. The summed E-state index contributed by atoms with van der Waals surface area (Å²) in [6, 6.07) is 11.0. The predicted octanol–water partition coefficient (Wildman–Crippen LogP) is 2.93. The summed E-state index contributed by atoms with van der Waals surface area (Å²) in [6.45, 7) is 4.17. The molecule has 3 rings (SSSR count). The molecular weight excluding hydrogens is 354 g/mol. The third kappa shape index (κ3) is 5.09. The molecular formula is C22H27N3O3. The zero-order valence-electron chi connectivity index (χ0n) is 16.5. The largest absolute Gasteiger partial charge is 0.497 e. The van der Waals surface area contributed by atoms with Crippen molar-refractivity contribution in [3.63, 3.8) is 0 Å². The third-order valence-corrected chi connectivity index (χ3v) is 5.04. The van der Waals surface area contributed by atoms with Gasteiger partial charge in [0.1, 0.15) is 11.4 Å². The zero-order chi connectivity index (χ0) is 19.9. The van der Waals surface area contributed by atoms with Crippen LogP contribution in [0.3, 0.4) is 0 Å². The number of benzene rings is 1. The topological polar surface area (TPSA) is 71.5 Å². The molecule has 6 heteroatoms. The average Bonchev–Trinajstić information content (AvgIpc) is 2.73. The van der Waals surface area contributed by atoms with Crippen molar-refractivity contribution in [1.29, 1.82) is 0 Å². The molecule has 0 bridgehead atoms. The van der Waals surface area contributed by atoms with E-state index in [1.165, 1.54) is 6.20 Å². The Morgan fingerprint density at radius 3 is 2.75 bits per heavy atom. The summed E-state index contributed by atoms with van der Waals surface area (Å²) >= 11 is 0. The van der Waals surface area contributed by atoms with Gasteiger partial charge in [-0.2, -0.15) is 0 Å². The maximum absolute atomic E-state index is 12.7. The number of hydrogen-bond acceptors (Lipinski definition) is 4. The van der Waals surface area contributed by atoms with Crippen LogP contribution < -0.4 is 10.1 Å². The predicted molar refractivity (Wildman–Crippen MR) is 108 cm³/mol. The fraction of sp³-hybridized carbons (Fsp3) is 0.409. The van der Waals surface area contributed by atoms with Crippen LogP contribution in [0.5, 0.6) is 5.75 Å². The normalized spacial score (nSPS) is 16.5. The molecule has 2 aromatic rings. The Bertz CT molecular complexity index is 820. The van der Waals surface area contributed by atoms with Gasteiger partial charge in [-0.1, -0.05) is 19.1 Å². The number of carbonyl (C=O) groups excluding carboxylic acids is 2. The number of likely N-dealkylation sites (tertiary alicyclic amines) is 1. The van der Waals surface area contributed by atoms with Gasteiger partial charge in [-0.15, -0.1) is 0 Å². The highest BCUT2D eigenvalue weighted by Crippen LogP contribution is 2.17. The fourth-order valence-electron chi connectivity index (χ4n) is 3.44. The van der Waals surface area contributed by atoms with Gasteiger partial charge in [-0.3, -0.25) is 14.6 Å². The van der Waals surface area contributed by atoms with E-state index in [2.05, 4.69) is 17.2 Å². The van der Waals surface area contributed by atoms with Gasteiger partial charge in [0.05, 0.1) is 7.11 Å². The highest BCUT2D eigenvalue weighted by atomic mass is 16.5. The maximum atomic E-state index is 12.7. The minimum Gasteiger partial charge on any atom is -0.497 e. The van der Waals surface area contributed by atoms with Crippen LogP contribution in [0.15, 0.2) is 42.6 Å². The van der Waals surface area contributed by atoms with E-state index in [-0.39, 0.29) is 11.8 Å². The molecule has 6 nitrogen and oxygen atoms in total. The number of nitrogens with zero attached hydrogens (tertiary/aromatic N) is 2. The number of nitrogens with one attached hydrogen (secondary N) is 1. The number of ether oxygens (including phenoxy) is 1. The summed E-state index contributed by atoms with van der Waals surface area (Å²) in [5.41, 5.74) is 1.90. The smallest absolute Gasteiger partial charge is 0.272 e. The van der Waals surface area contributed by atoms with E-state index in [0.717, 1.165) is 43.7 Å². The second-order valence-corrected chi connectivity index (χ2v) is 7.28. The first-order chi connectivity index (χ1) is 13.6. The molecule has 1 fully saturated rings. The standard InChI is InChI=1S/C22H27N3O3/c1-16-4-3-13-25(15-16)22(27)20-14-18(10-12-23-20)21(26)24-11-9-17-5-7-19(28-2)8-6-17/h5-8,10,12,14,16H,3-4,9,11,13,15H2,1-2H3,(H,24,26). The lowest BCUT2D eigenvalue weighted by Crippen LogP contribution is -2.39. The molecule has 2 amide bonds. The molecule has 1 aliphatic rings. The van der Waals surface area contributed by atoms with Crippen molar-refractivity contribution >= 4 is 11.8 Å². The summed E-state index contributed by atoms with van der Waals surface area (Å²) in [6.07, 6.45) is 4.41. The highest BCUT2D eigenvalue weighted by Gasteiger charge is 2.23. The number of methoxy groups -OCH3 is 1. The lowest BCUT2D eigenvalue weighted by molar-refractivity contribution is 0.0677. The Kier molecular flexibility index (Phi) is 6.63. The van der Waals surface area contributed by atoms with Crippen LogP contribution in [0, 0.1) is 5.92 Å².